The molecule has 0 unspecified atom stereocenters. The maximum Gasteiger partial charge on any atom is 0.255 e. The summed E-state index contributed by atoms with van der Waals surface area (Å²) in [6, 6.07) is 14.2. The van der Waals surface area contributed by atoms with E-state index >= 15 is 0 Å². The SMILES string of the molecule is CS(=O)(=O)Nc1ccc(C(=O)Nc2ccc(NC(=O)CC#N)cc2)cc1. The molecule has 2 aromatic rings. The molecule has 0 aliphatic carbocycles. The Morgan fingerprint density at radius 2 is 1.42 bits per heavy atom. The lowest BCUT2D eigenvalue weighted by Crippen LogP contribution is -2.13. The van der Waals surface area contributed by atoms with Gasteiger partial charge in [0.15, 0.2) is 0 Å². The van der Waals surface area contributed by atoms with Crippen LogP contribution in [0.5, 0.6) is 0 Å². The highest BCUT2D eigenvalue weighted by Crippen LogP contribution is 2.16. The molecule has 0 radical (unpaired) electrons. The average Bonchev–Trinajstić information content (AvgIpc) is 2.56. The van der Waals surface area contributed by atoms with E-state index in [-0.39, 0.29) is 12.3 Å². The van der Waals surface area contributed by atoms with Crippen LogP contribution in [0.2, 0.25) is 0 Å². The maximum absolute atomic E-state index is 12.2. The van der Waals surface area contributed by atoms with E-state index in [4.69, 9.17) is 5.26 Å². The fourth-order valence-corrected chi connectivity index (χ4v) is 2.59. The molecule has 3 N–H and O–H groups in total. The third kappa shape index (κ3) is 5.92. The number of hydrogen-bond donors (Lipinski definition) is 3. The molecule has 2 amide bonds. The summed E-state index contributed by atoms with van der Waals surface area (Å²) in [4.78, 5) is 23.5. The molecule has 0 heterocycles. The van der Waals surface area contributed by atoms with Crippen LogP contribution in [-0.2, 0) is 14.8 Å². The van der Waals surface area contributed by atoms with E-state index in [1.165, 1.54) is 24.3 Å². The van der Waals surface area contributed by atoms with Crippen molar-refractivity contribution >= 4 is 38.9 Å². The zero-order valence-corrected chi connectivity index (χ0v) is 14.6. The summed E-state index contributed by atoms with van der Waals surface area (Å²) in [6.45, 7) is 0. The zero-order valence-electron chi connectivity index (χ0n) is 13.8. The molecule has 8 nitrogen and oxygen atoms in total. The van der Waals surface area contributed by atoms with Crippen LogP contribution >= 0.6 is 0 Å². The van der Waals surface area contributed by atoms with Crippen molar-refractivity contribution in [1.29, 1.82) is 5.26 Å². The van der Waals surface area contributed by atoms with E-state index in [0.29, 0.717) is 22.6 Å². The van der Waals surface area contributed by atoms with Crippen LogP contribution in [0.4, 0.5) is 17.1 Å². The van der Waals surface area contributed by atoms with Crippen LogP contribution in [0.15, 0.2) is 48.5 Å². The predicted molar refractivity (Wildman–Crippen MR) is 98.2 cm³/mol. The van der Waals surface area contributed by atoms with Gasteiger partial charge in [-0.3, -0.25) is 14.3 Å². The lowest BCUT2D eigenvalue weighted by molar-refractivity contribution is -0.115. The van der Waals surface area contributed by atoms with E-state index < -0.39 is 15.9 Å². The van der Waals surface area contributed by atoms with Gasteiger partial charge in [0, 0.05) is 22.6 Å². The molecule has 0 aromatic heterocycles. The Labute approximate surface area is 150 Å². The van der Waals surface area contributed by atoms with E-state index in [0.717, 1.165) is 6.26 Å². The van der Waals surface area contributed by atoms with Crippen molar-refractivity contribution < 1.29 is 18.0 Å². The van der Waals surface area contributed by atoms with E-state index in [9.17, 15) is 18.0 Å². The molecule has 0 bridgehead atoms. The summed E-state index contributed by atoms with van der Waals surface area (Å²) < 4.78 is 24.6. The Bertz CT molecular complexity index is 946. The Morgan fingerprint density at radius 3 is 1.92 bits per heavy atom. The van der Waals surface area contributed by atoms with Crippen LogP contribution in [0.3, 0.4) is 0 Å². The number of nitriles is 1. The second kappa shape index (κ2) is 8.13. The maximum atomic E-state index is 12.2. The van der Waals surface area contributed by atoms with Gasteiger partial charge in [-0.15, -0.1) is 0 Å². The Kier molecular flexibility index (Phi) is 5.93. The van der Waals surface area contributed by atoms with Gasteiger partial charge in [0.25, 0.3) is 5.91 Å². The molecule has 134 valence electrons. The Balaban J connectivity index is 1.99. The quantitative estimate of drug-likeness (QED) is 0.716. The van der Waals surface area contributed by atoms with Crippen molar-refractivity contribution in [2.75, 3.05) is 21.6 Å². The summed E-state index contributed by atoms with van der Waals surface area (Å²) in [5.41, 5.74) is 1.75. The predicted octanol–water partition coefficient (Wildman–Crippen LogP) is 2.16. The van der Waals surface area contributed by atoms with Gasteiger partial charge < -0.3 is 10.6 Å². The van der Waals surface area contributed by atoms with Gasteiger partial charge in [0.1, 0.15) is 6.42 Å². The summed E-state index contributed by atoms with van der Waals surface area (Å²) in [7, 11) is -3.37. The number of rotatable bonds is 6. The first-order valence-corrected chi connectivity index (χ1v) is 9.32. The van der Waals surface area contributed by atoms with Crippen LogP contribution < -0.4 is 15.4 Å². The van der Waals surface area contributed by atoms with Crippen LogP contribution in [-0.4, -0.2) is 26.5 Å². The van der Waals surface area contributed by atoms with Gasteiger partial charge in [-0.25, -0.2) is 8.42 Å². The summed E-state index contributed by atoms with van der Waals surface area (Å²) in [6.07, 6.45) is 0.808. The highest BCUT2D eigenvalue weighted by atomic mass is 32.2. The normalized spacial score (nSPS) is 10.5. The number of nitrogens with zero attached hydrogens (tertiary/aromatic N) is 1. The zero-order chi connectivity index (χ0) is 19.2. The average molecular weight is 372 g/mol. The second-order valence-corrected chi connectivity index (χ2v) is 7.11. The number of carbonyl (C=O) groups is 2. The highest BCUT2D eigenvalue weighted by molar-refractivity contribution is 7.92. The van der Waals surface area contributed by atoms with Crippen molar-refractivity contribution in [3.05, 3.63) is 54.1 Å². The van der Waals surface area contributed by atoms with E-state index in [2.05, 4.69) is 15.4 Å². The van der Waals surface area contributed by atoms with Gasteiger partial charge >= 0.3 is 0 Å². The largest absolute Gasteiger partial charge is 0.325 e. The van der Waals surface area contributed by atoms with Crippen molar-refractivity contribution in [2.45, 2.75) is 6.42 Å². The molecule has 2 rings (SSSR count). The molecule has 0 aliphatic heterocycles. The minimum absolute atomic E-state index is 0.233. The second-order valence-electron chi connectivity index (χ2n) is 5.37. The molecule has 2 aromatic carbocycles. The van der Waals surface area contributed by atoms with E-state index in [1.54, 1.807) is 30.3 Å². The number of anilines is 3. The van der Waals surface area contributed by atoms with Crippen molar-refractivity contribution in [3.8, 4) is 6.07 Å². The topological polar surface area (TPSA) is 128 Å². The van der Waals surface area contributed by atoms with Crippen molar-refractivity contribution in [2.24, 2.45) is 0 Å². The van der Waals surface area contributed by atoms with Crippen molar-refractivity contribution in [3.63, 3.8) is 0 Å². The van der Waals surface area contributed by atoms with Gasteiger partial charge in [-0.05, 0) is 48.5 Å². The van der Waals surface area contributed by atoms with Crippen LogP contribution in [0.1, 0.15) is 16.8 Å². The van der Waals surface area contributed by atoms with Gasteiger partial charge in [-0.2, -0.15) is 5.26 Å². The summed E-state index contributed by atoms with van der Waals surface area (Å²) >= 11 is 0. The fourth-order valence-electron chi connectivity index (χ4n) is 2.02. The minimum atomic E-state index is -3.37. The van der Waals surface area contributed by atoms with Crippen LogP contribution in [0, 0.1) is 11.3 Å². The minimum Gasteiger partial charge on any atom is -0.325 e. The first-order valence-electron chi connectivity index (χ1n) is 7.43. The number of amides is 2. The lowest BCUT2D eigenvalue weighted by Gasteiger charge is -2.08. The fraction of sp³-hybridized carbons (Fsp3) is 0.118. The third-order valence-corrected chi connectivity index (χ3v) is 3.72. The molecule has 0 saturated heterocycles. The number of nitrogens with one attached hydrogen (secondary N) is 3. The summed E-state index contributed by atoms with van der Waals surface area (Å²) in [5.74, 6) is -0.774. The standard InChI is InChI=1S/C17H16N4O4S/c1-26(24,25)21-15-4-2-12(3-5-15)17(23)20-14-8-6-13(7-9-14)19-16(22)10-11-18/h2-9,21H,10H2,1H3,(H,19,22)(H,20,23). The third-order valence-electron chi connectivity index (χ3n) is 3.12. The number of carbonyl (C=O) groups excluding carboxylic acids is 2. The highest BCUT2D eigenvalue weighted by Gasteiger charge is 2.08. The van der Waals surface area contributed by atoms with Gasteiger partial charge in [-0.1, -0.05) is 0 Å². The van der Waals surface area contributed by atoms with Crippen LogP contribution in [0.25, 0.3) is 0 Å². The first kappa shape index (κ1) is 19.0. The molecule has 0 saturated carbocycles. The molecular weight excluding hydrogens is 356 g/mol. The number of sulfonamides is 1. The molecule has 26 heavy (non-hydrogen) atoms. The number of benzene rings is 2. The molecular formula is C17H16N4O4S. The molecule has 0 atom stereocenters. The Hall–Kier alpha value is -3.38. The smallest absolute Gasteiger partial charge is 0.255 e. The molecule has 9 heteroatoms. The molecule has 0 spiro atoms. The van der Waals surface area contributed by atoms with Gasteiger partial charge in [0.05, 0.1) is 12.3 Å². The molecule has 0 fully saturated rings. The van der Waals surface area contributed by atoms with Gasteiger partial charge in [0.2, 0.25) is 15.9 Å². The summed E-state index contributed by atoms with van der Waals surface area (Å²) in [5, 5.41) is 13.7. The lowest BCUT2D eigenvalue weighted by atomic mass is 10.2. The molecule has 0 aliphatic rings. The van der Waals surface area contributed by atoms with E-state index in [1.807, 2.05) is 0 Å². The monoisotopic (exact) mass is 372 g/mol. The van der Waals surface area contributed by atoms with Crippen molar-refractivity contribution in [1.82, 2.24) is 0 Å². The first-order chi connectivity index (χ1) is 12.3. The Morgan fingerprint density at radius 1 is 0.923 bits per heavy atom. The number of hydrogen-bond acceptors (Lipinski definition) is 5.